The zero-order valence-corrected chi connectivity index (χ0v) is 13.1. The summed E-state index contributed by atoms with van der Waals surface area (Å²) in [4.78, 5) is 2.79. The zero-order chi connectivity index (χ0) is 14.7. The van der Waals surface area contributed by atoms with Crippen LogP contribution in [0.15, 0.2) is 18.2 Å². The highest BCUT2D eigenvalue weighted by Crippen LogP contribution is 2.53. The molecular formula is C19H25NO2. The second-order valence-electron chi connectivity index (χ2n) is 7.91. The summed E-state index contributed by atoms with van der Waals surface area (Å²) >= 11 is 0. The Bertz CT molecular complexity index is 597. The van der Waals surface area contributed by atoms with Crippen LogP contribution in [0, 0.1) is 11.8 Å². The number of hydrogen-bond donors (Lipinski definition) is 1. The smallest absolute Gasteiger partial charge is 0.115 e. The number of phenols is 1. The van der Waals surface area contributed by atoms with Crippen molar-refractivity contribution in [3.63, 3.8) is 0 Å². The molecule has 2 bridgehead atoms. The molecule has 2 aliphatic heterocycles. The normalized spacial score (nSPS) is 37.5. The maximum absolute atomic E-state index is 10.0. The SMILES string of the molecule is Oc1ccc2c(c1)[C@]13CCN(CC4CC4)[C@@H](C2)[C@@H]1CCOC3. The first-order chi connectivity index (χ1) is 10.8. The zero-order valence-electron chi connectivity index (χ0n) is 13.1. The van der Waals surface area contributed by atoms with Crippen LogP contribution in [0.4, 0.5) is 0 Å². The van der Waals surface area contributed by atoms with Crippen LogP contribution < -0.4 is 0 Å². The van der Waals surface area contributed by atoms with Crippen LogP contribution in [0.3, 0.4) is 0 Å². The third kappa shape index (κ3) is 1.88. The number of aromatic hydroxyl groups is 1. The minimum absolute atomic E-state index is 0.162. The van der Waals surface area contributed by atoms with Crippen molar-refractivity contribution < 1.29 is 9.84 Å². The van der Waals surface area contributed by atoms with Gasteiger partial charge >= 0.3 is 0 Å². The number of fused-ring (bicyclic) bond motifs is 1. The van der Waals surface area contributed by atoms with E-state index >= 15 is 0 Å². The maximum Gasteiger partial charge on any atom is 0.115 e. The highest BCUT2D eigenvalue weighted by Gasteiger charge is 2.54. The summed E-state index contributed by atoms with van der Waals surface area (Å²) in [5.41, 5.74) is 3.00. The van der Waals surface area contributed by atoms with Gasteiger partial charge in [-0.1, -0.05) is 6.07 Å². The molecule has 0 spiro atoms. The van der Waals surface area contributed by atoms with E-state index in [1.165, 1.54) is 49.9 Å². The van der Waals surface area contributed by atoms with Gasteiger partial charge in [-0.25, -0.2) is 0 Å². The van der Waals surface area contributed by atoms with Crippen molar-refractivity contribution >= 4 is 0 Å². The molecule has 3 atom stereocenters. The molecule has 0 radical (unpaired) electrons. The van der Waals surface area contributed by atoms with Gasteiger partial charge in [0.25, 0.3) is 0 Å². The molecule has 2 heterocycles. The average Bonchev–Trinajstić information content (AvgIpc) is 3.35. The number of benzene rings is 1. The highest BCUT2D eigenvalue weighted by molar-refractivity contribution is 5.45. The molecule has 0 amide bonds. The van der Waals surface area contributed by atoms with E-state index in [4.69, 9.17) is 4.74 Å². The summed E-state index contributed by atoms with van der Waals surface area (Å²) in [6.07, 6.45) is 6.41. The molecule has 1 saturated carbocycles. The number of piperidine rings is 1. The molecule has 3 heteroatoms. The van der Waals surface area contributed by atoms with Gasteiger partial charge in [-0.05, 0) is 73.7 Å². The van der Waals surface area contributed by atoms with Crippen LogP contribution in [0.25, 0.3) is 0 Å². The molecule has 5 rings (SSSR count). The van der Waals surface area contributed by atoms with Crippen molar-refractivity contribution in [2.75, 3.05) is 26.3 Å². The van der Waals surface area contributed by atoms with E-state index in [0.29, 0.717) is 17.7 Å². The Morgan fingerprint density at radius 1 is 1.27 bits per heavy atom. The van der Waals surface area contributed by atoms with Gasteiger partial charge in [-0.2, -0.15) is 0 Å². The molecule has 3 fully saturated rings. The van der Waals surface area contributed by atoms with Crippen LogP contribution in [0.5, 0.6) is 5.75 Å². The van der Waals surface area contributed by atoms with E-state index in [-0.39, 0.29) is 5.41 Å². The lowest BCUT2D eigenvalue weighted by Crippen LogP contribution is -2.63. The first-order valence-corrected chi connectivity index (χ1v) is 8.90. The Morgan fingerprint density at radius 2 is 2.18 bits per heavy atom. The Morgan fingerprint density at radius 3 is 3.05 bits per heavy atom. The topological polar surface area (TPSA) is 32.7 Å². The van der Waals surface area contributed by atoms with Crippen molar-refractivity contribution in [1.82, 2.24) is 4.90 Å². The quantitative estimate of drug-likeness (QED) is 0.911. The maximum atomic E-state index is 10.0. The van der Waals surface area contributed by atoms with E-state index in [1.807, 2.05) is 12.1 Å². The van der Waals surface area contributed by atoms with Gasteiger partial charge in [0.2, 0.25) is 0 Å². The third-order valence-electron chi connectivity index (χ3n) is 6.67. The van der Waals surface area contributed by atoms with Crippen LogP contribution >= 0.6 is 0 Å². The second kappa shape index (κ2) is 4.72. The predicted octanol–water partition coefficient (Wildman–Crippen LogP) is 2.71. The van der Waals surface area contributed by atoms with Crippen molar-refractivity contribution in [1.29, 1.82) is 0 Å². The summed E-state index contributed by atoms with van der Waals surface area (Å²) in [6, 6.07) is 6.74. The Kier molecular flexibility index (Phi) is 2.87. The first-order valence-electron chi connectivity index (χ1n) is 8.90. The molecule has 1 N–H and O–H groups in total. The monoisotopic (exact) mass is 299 g/mol. The number of ether oxygens (including phenoxy) is 1. The van der Waals surface area contributed by atoms with Gasteiger partial charge in [0, 0.05) is 24.6 Å². The van der Waals surface area contributed by atoms with E-state index in [0.717, 1.165) is 25.6 Å². The van der Waals surface area contributed by atoms with Crippen LogP contribution in [-0.4, -0.2) is 42.4 Å². The molecule has 3 nitrogen and oxygen atoms in total. The van der Waals surface area contributed by atoms with Crippen LogP contribution in [0.2, 0.25) is 0 Å². The van der Waals surface area contributed by atoms with E-state index < -0.39 is 0 Å². The molecule has 0 unspecified atom stereocenters. The standard InChI is InChI=1S/C19H25NO2/c21-15-4-3-14-9-18-16-5-8-22-12-19(16,17(14)10-15)6-7-20(18)11-13-1-2-13/h3-4,10,13,16,18,21H,1-2,5-9,11-12H2/t16-,18-,19-/m0/s1. The minimum Gasteiger partial charge on any atom is -0.508 e. The van der Waals surface area contributed by atoms with Crippen molar-refractivity contribution in [3.05, 3.63) is 29.3 Å². The Hall–Kier alpha value is -1.06. The summed E-state index contributed by atoms with van der Waals surface area (Å²) in [6.45, 7) is 4.28. The number of phenolic OH excluding ortho intramolecular Hbond substituents is 1. The molecule has 4 aliphatic rings. The number of likely N-dealkylation sites (tertiary alicyclic amines) is 1. The fourth-order valence-corrected chi connectivity index (χ4v) is 5.40. The van der Waals surface area contributed by atoms with Crippen molar-refractivity contribution in [2.45, 2.75) is 43.6 Å². The molecule has 1 aromatic rings. The van der Waals surface area contributed by atoms with E-state index in [9.17, 15) is 5.11 Å². The van der Waals surface area contributed by atoms with Gasteiger partial charge in [-0.3, -0.25) is 4.90 Å². The van der Waals surface area contributed by atoms with Gasteiger partial charge in [0.1, 0.15) is 5.75 Å². The summed E-state index contributed by atoms with van der Waals surface area (Å²) in [5, 5.41) is 10.0. The van der Waals surface area contributed by atoms with Gasteiger partial charge in [0.15, 0.2) is 0 Å². The summed E-state index contributed by atoms with van der Waals surface area (Å²) in [7, 11) is 0. The number of nitrogens with zero attached hydrogens (tertiary/aromatic N) is 1. The molecule has 1 aromatic carbocycles. The Labute approximate surface area is 132 Å². The minimum atomic E-state index is 0.162. The molecule has 0 aromatic heterocycles. The Balaban J connectivity index is 1.58. The average molecular weight is 299 g/mol. The van der Waals surface area contributed by atoms with Crippen LogP contribution in [-0.2, 0) is 16.6 Å². The molecule has 2 aliphatic carbocycles. The van der Waals surface area contributed by atoms with Gasteiger partial charge < -0.3 is 9.84 Å². The molecule has 118 valence electrons. The van der Waals surface area contributed by atoms with Gasteiger partial charge in [0.05, 0.1) is 6.61 Å². The van der Waals surface area contributed by atoms with Crippen LogP contribution in [0.1, 0.15) is 36.8 Å². The van der Waals surface area contributed by atoms with E-state index in [1.54, 1.807) is 0 Å². The van der Waals surface area contributed by atoms with Gasteiger partial charge in [-0.15, -0.1) is 0 Å². The predicted molar refractivity (Wildman–Crippen MR) is 85.1 cm³/mol. The fraction of sp³-hybridized carbons (Fsp3) is 0.684. The highest BCUT2D eigenvalue weighted by atomic mass is 16.5. The fourth-order valence-electron chi connectivity index (χ4n) is 5.40. The molecular weight excluding hydrogens is 274 g/mol. The lowest BCUT2D eigenvalue weighted by atomic mass is 9.56. The number of rotatable bonds is 2. The van der Waals surface area contributed by atoms with Crippen molar-refractivity contribution in [3.8, 4) is 5.75 Å². The van der Waals surface area contributed by atoms with Crippen molar-refractivity contribution in [2.24, 2.45) is 11.8 Å². The second-order valence-corrected chi connectivity index (χ2v) is 7.91. The summed E-state index contributed by atoms with van der Waals surface area (Å²) in [5.74, 6) is 2.09. The first kappa shape index (κ1) is 13.4. The van der Waals surface area contributed by atoms with E-state index in [2.05, 4.69) is 11.0 Å². The number of hydrogen-bond acceptors (Lipinski definition) is 3. The lowest BCUT2D eigenvalue weighted by Gasteiger charge is -2.58. The third-order valence-corrected chi connectivity index (χ3v) is 6.67. The lowest BCUT2D eigenvalue weighted by molar-refractivity contribution is -0.0838. The summed E-state index contributed by atoms with van der Waals surface area (Å²) < 4.78 is 5.94. The largest absolute Gasteiger partial charge is 0.508 e. The molecule has 22 heavy (non-hydrogen) atoms. The molecule has 2 saturated heterocycles.